The van der Waals surface area contributed by atoms with Crippen molar-refractivity contribution in [3.05, 3.63) is 68.6 Å². The van der Waals surface area contributed by atoms with Gasteiger partial charge in [0.05, 0.1) is 5.92 Å². The second-order valence-electron chi connectivity index (χ2n) is 6.37. The number of Topliss-reactive ketones (excluding diaryl/α,β-unsaturated/α-hetero) is 1. The summed E-state index contributed by atoms with van der Waals surface area (Å²) < 4.78 is 1.89. The number of halogens is 2. The molecule has 5 heteroatoms. The highest BCUT2D eigenvalue weighted by molar-refractivity contribution is 9.10. The number of rotatable bonds is 3. The zero-order valence-corrected chi connectivity index (χ0v) is 16.5. The van der Waals surface area contributed by atoms with Crippen molar-refractivity contribution in [2.75, 3.05) is 20.1 Å². The van der Waals surface area contributed by atoms with E-state index >= 15 is 0 Å². The summed E-state index contributed by atoms with van der Waals surface area (Å²) >= 11 is 6.82. The van der Waals surface area contributed by atoms with Crippen molar-refractivity contribution in [3.63, 3.8) is 0 Å². The number of nitrogens with zero attached hydrogens (tertiary/aromatic N) is 1. The number of benzene rings is 2. The quantitative estimate of drug-likeness (QED) is 0.708. The van der Waals surface area contributed by atoms with E-state index in [0.29, 0.717) is 18.5 Å². The molecular formula is C19H19Br2NO2. The van der Waals surface area contributed by atoms with E-state index in [4.69, 9.17) is 0 Å². The molecule has 2 atom stereocenters. The van der Waals surface area contributed by atoms with Gasteiger partial charge in [0, 0.05) is 27.6 Å². The van der Waals surface area contributed by atoms with E-state index in [2.05, 4.69) is 36.8 Å². The van der Waals surface area contributed by atoms with Crippen molar-refractivity contribution in [2.24, 2.45) is 5.92 Å². The van der Waals surface area contributed by atoms with Gasteiger partial charge in [0.15, 0.2) is 5.78 Å². The lowest BCUT2D eigenvalue weighted by Gasteiger charge is -2.43. The Morgan fingerprint density at radius 2 is 1.62 bits per heavy atom. The molecule has 2 aromatic rings. The Bertz CT molecular complexity index is 730. The van der Waals surface area contributed by atoms with E-state index in [1.54, 1.807) is 0 Å². The molecule has 24 heavy (non-hydrogen) atoms. The Morgan fingerprint density at radius 1 is 1.08 bits per heavy atom. The van der Waals surface area contributed by atoms with Crippen LogP contribution in [0.25, 0.3) is 0 Å². The molecule has 1 saturated heterocycles. The minimum Gasteiger partial charge on any atom is -0.384 e. The summed E-state index contributed by atoms with van der Waals surface area (Å²) in [5.41, 5.74) is 0.292. The predicted octanol–water partition coefficient (Wildman–Crippen LogP) is 4.23. The van der Waals surface area contributed by atoms with Gasteiger partial charge in [0.2, 0.25) is 0 Å². The Morgan fingerprint density at radius 3 is 2.21 bits per heavy atom. The molecular weight excluding hydrogens is 434 g/mol. The summed E-state index contributed by atoms with van der Waals surface area (Å²) in [6.07, 6.45) is 0.540. The maximum atomic E-state index is 13.1. The Hall–Kier alpha value is -1.01. The lowest BCUT2D eigenvalue weighted by atomic mass is 9.73. The minimum atomic E-state index is -1.14. The largest absolute Gasteiger partial charge is 0.384 e. The van der Waals surface area contributed by atoms with Crippen molar-refractivity contribution in [1.82, 2.24) is 4.90 Å². The molecule has 0 radical (unpaired) electrons. The van der Waals surface area contributed by atoms with Crippen molar-refractivity contribution >= 4 is 37.6 Å². The lowest BCUT2D eigenvalue weighted by molar-refractivity contribution is -0.0594. The third kappa shape index (κ3) is 3.49. The molecule has 0 bridgehead atoms. The van der Waals surface area contributed by atoms with Crippen LogP contribution in [0.15, 0.2) is 57.5 Å². The Labute approximate surface area is 158 Å². The maximum absolute atomic E-state index is 13.1. The van der Waals surface area contributed by atoms with Gasteiger partial charge >= 0.3 is 0 Å². The monoisotopic (exact) mass is 451 g/mol. The first-order valence-electron chi connectivity index (χ1n) is 7.87. The zero-order chi connectivity index (χ0) is 17.3. The van der Waals surface area contributed by atoms with E-state index in [1.807, 2.05) is 55.6 Å². The molecule has 1 aliphatic heterocycles. The van der Waals surface area contributed by atoms with Gasteiger partial charge in [0.1, 0.15) is 5.60 Å². The summed E-state index contributed by atoms with van der Waals surface area (Å²) in [6, 6.07) is 15.0. The minimum absolute atomic E-state index is 0.0144. The third-order valence-corrected chi connectivity index (χ3v) is 5.79. The fourth-order valence-corrected chi connectivity index (χ4v) is 3.82. The number of aliphatic hydroxyl groups is 1. The summed E-state index contributed by atoms with van der Waals surface area (Å²) in [5.74, 6) is -0.502. The van der Waals surface area contributed by atoms with Crippen LogP contribution in [-0.2, 0) is 5.60 Å². The van der Waals surface area contributed by atoms with Crippen LogP contribution in [0.2, 0.25) is 0 Å². The van der Waals surface area contributed by atoms with Crippen LogP contribution in [-0.4, -0.2) is 35.9 Å². The van der Waals surface area contributed by atoms with E-state index in [0.717, 1.165) is 21.1 Å². The van der Waals surface area contributed by atoms with Crippen LogP contribution in [0.4, 0.5) is 0 Å². The van der Waals surface area contributed by atoms with Gasteiger partial charge in [-0.05, 0) is 43.3 Å². The first-order chi connectivity index (χ1) is 11.4. The average Bonchev–Trinajstić information content (AvgIpc) is 2.58. The highest BCUT2D eigenvalue weighted by Crippen LogP contribution is 2.39. The average molecular weight is 453 g/mol. The fraction of sp³-hybridized carbons (Fsp3) is 0.316. The summed E-state index contributed by atoms with van der Waals surface area (Å²) in [7, 11) is 1.99. The molecule has 1 aliphatic rings. The highest BCUT2D eigenvalue weighted by Gasteiger charge is 2.46. The normalized spacial score (nSPS) is 24.8. The number of likely N-dealkylation sites (tertiary alicyclic amines) is 1. The molecule has 126 valence electrons. The number of hydrogen-bond donors (Lipinski definition) is 1. The molecule has 0 aliphatic carbocycles. The molecule has 1 N–H and O–H groups in total. The SMILES string of the molecule is CN1CCC(O)(c2ccc(Br)cc2)C(C(=O)c2ccc(Br)cc2)C1. The molecule has 3 rings (SSSR count). The van der Waals surface area contributed by atoms with Crippen LogP contribution < -0.4 is 0 Å². The molecule has 2 aromatic carbocycles. The molecule has 0 aromatic heterocycles. The second kappa shape index (κ2) is 7.08. The molecule has 2 unspecified atom stereocenters. The Balaban J connectivity index is 1.98. The van der Waals surface area contributed by atoms with E-state index in [-0.39, 0.29) is 5.78 Å². The van der Waals surface area contributed by atoms with Crippen molar-refractivity contribution in [1.29, 1.82) is 0 Å². The first-order valence-corrected chi connectivity index (χ1v) is 9.45. The summed E-state index contributed by atoms with van der Waals surface area (Å²) in [6.45, 7) is 1.30. The van der Waals surface area contributed by atoms with Gasteiger partial charge in [-0.15, -0.1) is 0 Å². The number of piperidine rings is 1. The highest BCUT2D eigenvalue weighted by atomic mass is 79.9. The van der Waals surface area contributed by atoms with Crippen LogP contribution in [0.5, 0.6) is 0 Å². The zero-order valence-electron chi connectivity index (χ0n) is 13.4. The molecule has 0 saturated carbocycles. The molecule has 3 nitrogen and oxygen atoms in total. The lowest BCUT2D eigenvalue weighted by Crippen LogP contribution is -2.52. The summed E-state index contributed by atoms with van der Waals surface area (Å²) in [4.78, 5) is 15.2. The van der Waals surface area contributed by atoms with Crippen molar-refractivity contribution in [2.45, 2.75) is 12.0 Å². The second-order valence-corrected chi connectivity index (χ2v) is 8.20. The smallest absolute Gasteiger partial charge is 0.170 e. The number of ketones is 1. The van der Waals surface area contributed by atoms with Gasteiger partial charge in [0.25, 0.3) is 0 Å². The maximum Gasteiger partial charge on any atom is 0.170 e. The molecule has 1 heterocycles. The predicted molar refractivity (Wildman–Crippen MR) is 102 cm³/mol. The first kappa shape index (κ1) is 17.8. The van der Waals surface area contributed by atoms with Gasteiger partial charge in [-0.1, -0.05) is 56.1 Å². The van der Waals surface area contributed by atoms with E-state index < -0.39 is 11.5 Å². The van der Waals surface area contributed by atoms with Gasteiger partial charge < -0.3 is 10.0 Å². The number of carbonyl (C=O) groups is 1. The molecule has 0 spiro atoms. The van der Waals surface area contributed by atoms with Gasteiger partial charge in [-0.3, -0.25) is 4.79 Å². The van der Waals surface area contributed by atoms with E-state index in [1.165, 1.54) is 0 Å². The summed E-state index contributed by atoms with van der Waals surface area (Å²) in [5, 5.41) is 11.4. The van der Waals surface area contributed by atoms with Crippen LogP contribution in [0.1, 0.15) is 22.3 Å². The Kier molecular flexibility index (Phi) is 5.25. The van der Waals surface area contributed by atoms with Gasteiger partial charge in [-0.25, -0.2) is 0 Å². The third-order valence-electron chi connectivity index (χ3n) is 4.73. The van der Waals surface area contributed by atoms with Crippen molar-refractivity contribution < 1.29 is 9.90 Å². The standard InChI is InChI=1S/C19H19Br2NO2/c1-22-11-10-19(24,14-4-8-16(21)9-5-14)17(12-22)18(23)13-2-6-15(20)7-3-13/h2-9,17,24H,10-12H2,1H3. The fourth-order valence-electron chi connectivity index (χ4n) is 3.29. The van der Waals surface area contributed by atoms with Crippen LogP contribution in [0, 0.1) is 5.92 Å². The molecule has 1 fully saturated rings. The topological polar surface area (TPSA) is 40.5 Å². The van der Waals surface area contributed by atoms with Crippen LogP contribution in [0.3, 0.4) is 0 Å². The van der Waals surface area contributed by atoms with E-state index in [9.17, 15) is 9.90 Å². The number of hydrogen-bond acceptors (Lipinski definition) is 3. The van der Waals surface area contributed by atoms with Crippen molar-refractivity contribution in [3.8, 4) is 0 Å². The van der Waals surface area contributed by atoms with Crippen LogP contribution >= 0.6 is 31.9 Å². The number of carbonyl (C=O) groups excluding carboxylic acids is 1. The molecule has 0 amide bonds. The van der Waals surface area contributed by atoms with Gasteiger partial charge in [-0.2, -0.15) is 0 Å².